The largest absolute Gasteiger partial charge is 0.508 e. The standard InChI is InChI=1S/C16H21NO3/c18-12-8-6-11(7-9-12)16(20)17-10-2-4-14(17)13-3-1-5-15(13)19/h6-9,13-15,18-19H,1-5,10H2. The van der Waals surface area contributed by atoms with Crippen molar-refractivity contribution < 1.29 is 15.0 Å². The van der Waals surface area contributed by atoms with Crippen LogP contribution in [0.15, 0.2) is 24.3 Å². The van der Waals surface area contributed by atoms with Crippen molar-refractivity contribution >= 4 is 5.91 Å². The number of aromatic hydroxyl groups is 1. The molecule has 4 nitrogen and oxygen atoms in total. The summed E-state index contributed by atoms with van der Waals surface area (Å²) in [6.07, 6.45) is 4.69. The summed E-state index contributed by atoms with van der Waals surface area (Å²) in [6, 6.07) is 6.59. The predicted molar refractivity (Wildman–Crippen MR) is 75.5 cm³/mol. The third kappa shape index (κ3) is 2.40. The van der Waals surface area contributed by atoms with E-state index in [2.05, 4.69) is 0 Å². The molecule has 0 radical (unpaired) electrons. The van der Waals surface area contributed by atoms with Crippen molar-refractivity contribution in [3.05, 3.63) is 29.8 Å². The van der Waals surface area contributed by atoms with E-state index < -0.39 is 0 Å². The Balaban J connectivity index is 1.78. The van der Waals surface area contributed by atoms with E-state index in [1.807, 2.05) is 4.90 Å². The molecule has 3 rings (SSSR count). The molecule has 2 aliphatic rings. The van der Waals surface area contributed by atoms with E-state index in [1.165, 1.54) is 0 Å². The number of aliphatic hydroxyl groups is 1. The molecule has 0 aromatic heterocycles. The van der Waals surface area contributed by atoms with E-state index >= 15 is 0 Å². The number of hydrogen-bond acceptors (Lipinski definition) is 3. The normalized spacial score (nSPS) is 29.9. The quantitative estimate of drug-likeness (QED) is 0.869. The Morgan fingerprint density at radius 3 is 2.50 bits per heavy atom. The van der Waals surface area contributed by atoms with Crippen molar-refractivity contribution in [3.8, 4) is 5.75 Å². The van der Waals surface area contributed by atoms with E-state index in [0.29, 0.717) is 5.56 Å². The molecule has 1 saturated heterocycles. The zero-order valence-corrected chi connectivity index (χ0v) is 11.5. The van der Waals surface area contributed by atoms with Crippen LogP contribution in [0, 0.1) is 5.92 Å². The number of likely N-dealkylation sites (tertiary alicyclic amines) is 1. The topological polar surface area (TPSA) is 60.8 Å². The molecule has 2 fully saturated rings. The number of nitrogens with zero attached hydrogens (tertiary/aromatic N) is 1. The molecular weight excluding hydrogens is 254 g/mol. The summed E-state index contributed by atoms with van der Waals surface area (Å²) in [4.78, 5) is 14.5. The minimum absolute atomic E-state index is 0.0200. The Bertz CT molecular complexity index is 485. The fraction of sp³-hybridized carbons (Fsp3) is 0.562. The lowest BCUT2D eigenvalue weighted by Gasteiger charge is -2.31. The van der Waals surface area contributed by atoms with Crippen molar-refractivity contribution in [1.29, 1.82) is 0 Å². The van der Waals surface area contributed by atoms with Gasteiger partial charge in [0.1, 0.15) is 5.75 Å². The van der Waals surface area contributed by atoms with E-state index in [4.69, 9.17) is 0 Å². The summed E-state index contributed by atoms with van der Waals surface area (Å²) in [5, 5.41) is 19.4. The van der Waals surface area contributed by atoms with Crippen molar-refractivity contribution in [2.24, 2.45) is 5.92 Å². The van der Waals surface area contributed by atoms with Gasteiger partial charge < -0.3 is 15.1 Å². The molecule has 1 heterocycles. The van der Waals surface area contributed by atoms with Crippen LogP contribution in [0.5, 0.6) is 5.75 Å². The smallest absolute Gasteiger partial charge is 0.254 e. The zero-order valence-electron chi connectivity index (χ0n) is 11.5. The maximum absolute atomic E-state index is 12.6. The van der Waals surface area contributed by atoms with Crippen LogP contribution in [0.25, 0.3) is 0 Å². The Kier molecular flexibility index (Phi) is 3.66. The molecule has 1 aliphatic carbocycles. The lowest BCUT2D eigenvalue weighted by Crippen LogP contribution is -2.42. The van der Waals surface area contributed by atoms with Gasteiger partial charge in [0.05, 0.1) is 6.10 Å². The minimum atomic E-state index is -0.256. The minimum Gasteiger partial charge on any atom is -0.508 e. The highest BCUT2D eigenvalue weighted by Gasteiger charge is 2.40. The third-order valence-corrected chi connectivity index (χ3v) is 4.70. The lowest BCUT2D eigenvalue weighted by atomic mass is 9.93. The van der Waals surface area contributed by atoms with Crippen molar-refractivity contribution in [1.82, 2.24) is 4.90 Å². The highest BCUT2D eigenvalue weighted by Crippen LogP contribution is 2.36. The van der Waals surface area contributed by atoms with Gasteiger partial charge in [-0.1, -0.05) is 6.42 Å². The molecule has 1 aromatic carbocycles. The summed E-state index contributed by atoms with van der Waals surface area (Å²) in [7, 11) is 0. The molecule has 20 heavy (non-hydrogen) atoms. The highest BCUT2D eigenvalue weighted by atomic mass is 16.3. The van der Waals surface area contributed by atoms with Gasteiger partial charge in [0, 0.05) is 24.1 Å². The van der Waals surface area contributed by atoms with Crippen molar-refractivity contribution in [3.63, 3.8) is 0 Å². The molecule has 3 atom stereocenters. The SMILES string of the molecule is O=C(c1ccc(O)cc1)N1CCCC1C1CCCC1O. The van der Waals surface area contributed by atoms with E-state index in [1.54, 1.807) is 24.3 Å². The summed E-state index contributed by atoms with van der Waals surface area (Å²) in [5.41, 5.74) is 0.613. The van der Waals surface area contributed by atoms with Crippen LogP contribution in [0.3, 0.4) is 0 Å². The molecular formula is C16H21NO3. The van der Waals surface area contributed by atoms with Gasteiger partial charge in [-0.15, -0.1) is 0 Å². The highest BCUT2D eigenvalue weighted by molar-refractivity contribution is 5.94. The van der Waals surface area contributed by atoms with E-state index in [-0.39, 0.29) is 29.7 Å². The average molecular weight is 275 g/mol. The first-order valence-electron chi connectivity index (χ1n) is 7.45. The number of hydrogen-bond donors (Lipinski definition) is 2. The van der Waals surface area contributed by atoms with Gasteiger partial charge in [-0.25, -0.2) is 0 Å². The van der Waals surface area contributed by atoms with Crippen LogP contribution in [-0.4, -0.2) is 39.7 Å². The van der Waals surface area contributed by atoms with Crippen molar-refractivity contribution in [2.45, 2.75) is 44.2 Å². The van der Waals surface area contributed by atoms with Gasteiger partial charge in [-0.05, 0) is 49.9 Å². The number of carbonyl (C=O) groups excluding carboxylic acids is 1. The van der Waals surface area contributed by atoms with Crippen LogP contribution < -0.4 is 0 Å². The molecule has 1 saturated carbocycles. The molecule has 1 aliphatic heterocycles. The zero-order chi connectivity index (χ0) is 14.1. The van der Waals surface area contributed by atoms with Gasteiger partial charge in [0.2, 0.25) is 0 Å². The molecule has 4 heteroatoms. The second-order valence-electron chi connectivity index (χ2n) is 5.92. The maximum atomic E-state index is 12.6. The first kappa shape index (κ1) is 13.4. The molecule has 1 aromatic rings. The molecule has 1 amide bonds. The van der Waals surface area contributed by atoms with Crippen LogP contribution >= 0.6 is 0 Å². The first-order chi connectivity index (χ1) is 9.66. The van der Waals surface area contributed by atoms with Gasteiger partial charge in [0.25, 0.3) is 5.91 Å². The van der Waals surface area contributed by atoms with Crippen LogP contribution in [0.1, 0.15) is 42.5 Å². The van der Waals surface area contributed by atoms with Crippen LogP contribution in [-0.2, 0) is 0 Å². The van der Waals surface area contributed by atoms with Gasteiger partial charge in [0.15, 0.2) is 0 Å². The number of rotatable bonds is 2. The Labute approximate surface area is 119 Å². The summed E-state index contributed by atoms with van der Waals surface area (Å²) in [5.74, 6) is 0.427. The lowest BCUT2D eigenvalue weighted by molar-refractivity contribution is 0.0528. The third-order valence-electron chi connectivity index (χ3n) is 4.70. The Hall–Kier alpha value is -1.55. The van der Waals surface area contributed by atoms with Crippen molar-refractivity contribution in [2.75, 3.05) is 6.54 Å². The monoisotopic (exact) mass is 275 g/mol. The number of amides is 1. The number of phenolic OH excluding ortho intramolecular Hbond substituents is 1. The molecule has 0 bridgehead atoms. The molecule has 0 spiro atoms. The molecule has 3 unspecified atom stereocenters. The van der Waals surface area contributed by atoms with E-state index in [9.17, 15) is 15.0 Å². The molecule has 108 valence electrons. The Morgan fingerprint density at radius 1 is 1.10 bits per heavy atom. The van der Waals surface area contributed by atoms with E-state index in [0.717, 1.165) is 38.6 Å². The number of phenols is 1. The summed E-state index contributed by atoms with van der Waals surface area (Å²) < 4.78 is 0. The average Bonchev–Trinajstić information content (AvgIpc) is 3.07. The Morgan fingerprint density at radius 2 is 1.85 bits per heavy atom. The summed E-state index contributed by atoms with van der Waals surface area (Å²) >= 11 is 0. The van der Waals surface area contributed by atoms with Gasteiger partial charge >= 0.3 is 0 Å². The van der Waals surface area contributed by atoms with Crippen LogP contribution in [0.4, 0.5) is 0 Å². The van der Waals surface area contributed by atoms with Gasteiger partial charge in [-0.2, -0.15) is 0 Å². The fourth-order valence-corrected chi connectivity index (χ4v) is 3.68. The number of aliphatic hydroxyl groups excluding tert-OH is 1. The van der Waals surface area contributed by atoms with Crippen LogP contribution in [0.2, 0.25) is 0 Å². The van der Waals surface area contributed by atoms with Gasteiger partial charge in [-0.3, -0.25) is 4.79 Å². The maximum Gasteiger partial charge on any atom is 0.254 e. The summed E-state index contributed by atoms with van der Waals surface area (Å²) in [6.45, 7) is 0.771. The second kappa shape index (κ2) is 5.44. The first-order valence-corrected chi connectivity index (χ1v) is 7.45. The predicted octanol–water partition coefficient (Wildman–Crippen LogP) is 2.16. The molecule has 2 N–H and O–H groups in total. The second-order valence-corrected chi connectivity index (χ2v) is 5.92. The number of carbonyl (C=O) groups is 1. The number of benzene rings is 1. The fourth-order valence-electron chi connectivity index (χ4n) is 3.68.